The SMILES string of the molecule is CCCN1CCCC2(CC1)CN(C(=O)c1c(F)cccc1F)c1c(C)cc(OC)cc12. The topological polar surface area (TPSA) is 32.8 Å². The molecule has 31 heavy (non-hydrogen) atoms. The van der Waals surface area contributed by atoms with Gasteiger partial charge in [0.25, 0.3) is 5.91 Å². The van der Waals surface area contributed by atoms with Crippen molar-refractivity contribution in [3.8, 4) is 5.75 Å². The molecule has 2 aliphatic heterocycles. The smallest absolute Gasteiger partial charge is 0.264 e. The van der Waals surface area contributed by atoms with Crippen molar-refractivity contribution in [2.75, 3.05) is 38.2 Å². The van der Waals surface area contributed by atoms with Crippen molar-refractivity contribution in [3.05, 3.63) is 58.7 Å². The van der Waals surface area contributed by atoms with Gasteiger partial charge in [-0.3, -0.25) is 4.79 Å². The van der Waals surface area contributed by atoms with E-state index in [0.29, 0.717) is 6.54 Å². The molecule has 1 unspecified atom stereocenters. The molecule has 0 bridgehead atoms. The molecule has 1 saturated heterocycles. The summed E-state index contributed by atoms with van der Waals surface area (Å²) < 4.78 is 34.5. The van der Waals surface area contributed by atoms with E-state index in [1.807, 2.05) is 19.1 Å². The Balaban J connectivity index is 1.79. The van der Waals surface area contributed by atoms with Gasteiger partial charge in [-0.15, -0.1) is 0 Å². The number of amides is 1. The summed E-state index contributed by atoms with van der Waals surface area (Å²) >= 11 is 0. The van der Waals surface area contributed by atoms with Crippen molar-refractivity contribution in [3.63, 3.8) is 0 Å². The van der Waals surface area contributed by atoms with Crippen LogP contribution in [0.3, 0.4) is 0 Å². The fourth-order valence-corrected chi connectivity index (χ4v) is 5.32. The first-order valence-corrected chi connectivity index (χ1v) is 11.1. The predicted octanol–water partition coefficient (Wildman–Crippen LogP) is 5.08. The van der Waals surface area contributed by atoms with Gasteiger partial charge < -0.3 is 14.5 Å². The minimum atomic E-state index is -0.825. The Labute approximate surface area is 182 Å². The quantitative estimate of drug-likeness (QED) is 0.681. The normalized spacial score (nSPS) is 21.3. The second kappa shape index (κ2) is 8.58. The monoisotopic (exact) mass is 428 g/mol. The maximum absolute atomic E-state index is 14.5. The third kappa shape index (κ3) is 3.82. The van der Waals surface area contributed by atoms with Gasteiger partial charge in [0.05, 0.1) is 12.8 Å². The molecule has 1 fully saturated rings. The van der Waals surface area contributed by atoms with E-state index < -0.39 is 23.1 Å². The summed E-state index contributed by atoms with van der Waals surface area (Å²) in [6.45, 7) is 7.58. The number of anilines is 1. The lowest BCUT2D eigenvalue weighted by Crippen LogP contribution is -2.38. The average molecular weight is 429 g/mol. The standard InChI is InChI=1S/C25H30F2N2O2/c1-4-11-28-12-6-9-25(10-13-28)16-29(23-17(2)14-18(31-3)15-19(23)25)24(30)22-20(26)7-5-8-21(22)27/h5,7-8,14-15H,4,6,9-13,16H2,1-3H3. The summed E-state index contributed by atoms with van der Waals surface area (Å²) in [7, 11) is 1.64. The minimum absolute atomic E-state index is 0.242. The molecule has 0 saturated carbocycles. The number of rotatable bonds is 4. The van der Waals surface area contributed by atoms with Crippen molar-refractivity contribution < 1.29 is 18.3 Å². The fraction of sp³-hybridized carbons (Fsp3) is 0.480. The van der Waals surface area contributed by atoms with E-state index in [1.165, 1.54) is 6.07 Å². The molecule has 1 atom stereocenters. The number of benzene rings is 2. The van der Waals surface area contributed by atoms with E-state index in [1.54, 1.807) is 12.0 Å². The Hall–Kier alpha value is -2.47. The summed E-state index contributed by atoms with van der Waals surface area (Å²) in [6.07, 6.45) is 3.95. The first kappa shape index (κ1) is 21.8. The molecule has 0 aliphatic carbocycles. The van der Waals surface area contributed by atoms with Gasteiger partial charge >= 0.3 is 0 Å². The molecule has 2 aliphatic rings. The molecule has 6 heteroatoms. The third-order valence-electron chi connectivity index (χ3n) is 6.81. The van der Waals surface area contributed by atoms with Crippen molar-refractivity contribution >= 4 is 11.6 Å². The number of fused-ring (bicyclic) bond motifs is 2. The van der Waals surface area contributed by atoms with Gasteiger partial charge in [0.15, 0.2) is 0 Å². The van der Waals surface area contributed by atoms with Gasteiger partial charge in [-0.2, -0.15) is 0 Å². The molecule has 2 heterocycles. The second-order valence-electron chi connectivity index (χ2n) is 8.80. The van der Waals surface area contributed by atoms with Crippen molar-refractivity contribution in [1.29, 1.82) is 0 Å². The van der Waals surface area contributed by atoms with Crippen LogP contribution in [0.2, 0.25) is 0 Å². The highest BCUT2D eigenvalue weighted by atomic mass is 19.1. The first-order valence-electron chi connectivity index (χ1n) is 11.1. The lowest BCUT2D eigenvalue weighted by atomic mass is 9.76. The van der Waals surface area contributed by atoms with Crippen LogP contribution in [0.5, 0.6) is 5.75 Å². The minimum Gasteiger partial charge on any atom is -0.497 e. The van der Waals surface area contributed by atoms with Crippen molar-refractivity contribution in [2.24, 2.45) is 0 Å². The highest BCUT2D eigenvalue weighted by molar-refractivity contribution is 6.08. The number of nitrogens with zero attached hydrogens (tertiary/aromatic N) is 2. The largest absolute Gasteiger partial charge is 0.497 e. The molecule has 1 spiro atoms. The Bertz CT molecular complexity index is 973. The molecule has 4 nitrogen and oxygen atoms in total. The Morgan fingerprint density at radius 1 is 1.16 bits per heavy atom. The second-order valence-corrected chi connectivity index (χ2v) is 8.80. The molecule has 2 aromatic carbocycles. The number of carbonyl (C=O) groups is 1. The molecular formula is C25H30F2N2O2. The van der Waals surface area contributed by atoms with Crippen LogP contribution in [0.25, 0.3) is 0 Å². The van der Waals surface area contributed by atoms with Gasteiger partial charge in [0, 0.05) is 12.0 Å². The highest BCUT2D eigenvalue weighted by Crippen LogP contribution is 2.50. The van der Waals surface area contributed by atoms with Gasteiger partial charge in [-0.25, -0.2) is 8.78 Å². The number of methoxy groups -OCH3 is 1. The predicted molar refractivity (Wildman–Crippen MR) is 118 cm³/mol. The molecule has 0 radical (unpaired) electrons. The van der Waals surface area contributed by atoms with E-state index >= 15 is 0 Å². The van der Waals surface area contributed by atoms with Gasteiger partial charge in [-0.05, 0) is 87.6 Å². The van der Waals surface area contributed by atoms with E-state index in [-0.39, 0.29) is 5.41 Å². The molecule has 2 aromatic rings. The fourth-order valence-electron chi connectivity index (χ4n) is 5.32. The lowest BCUT2D eigenvalue weighted by Gasteiger charge is -2.29. The lowest BCUT2D eigenvalue weighted by molar-refractivity contribution is 0.0975. The first-order chi connectivity index (χ1) is 14.9. The van der Waals surface area contributed by atoms with Crippen LogP contribution in [0.15, 0.2) is 30.3 Å². The maximum Gasteiger partial charge on any atom is 0.264 e. The van der Waals surface area contributed by atoms with Crippen molar-refractivity contribution in [2.45, 2.75) is 44.9 Å². The molecule has 166 valence electrons. The van der Waals surface area contributed by atoms with Crippen LogP contribution >= 0.6 is 0 Å². The number of ether oxygens (including phenoxy) is 1. The van der Waals surface area contributed by atoms with Crippen LogP contribution in [0.1, 0.15) is 54.1 Å². The number of likely N-dealkylation sites (tertiary alicyclic amines) is 1. The van der Waals surface area contributed by atoms with E-state index in [4.69, 9.17) is 4.74 Å². The number of hydrogen-bond acceptors (Lipinski definition) is 3. The number of hydrogen-bond donors (Lipinski definition) is 0. The Morgan fingerprint density at radius 2 is 1.90 bits per heavy atom. The Morgan fingerprint density at radius 3 is 2.58 bits per heavy atom. The summed E-state index contributed by atoms with van der Waals surface area (Å²) in [6, 6.07) is 7.46. The number of halogens is 2. The summed E-state index contributed by atoms with van der Waals surface area (Å²) in [5.41, 5.74) is 1.99. The zero-order chi connectivity index (χ0) is 22.2. The number of carbonyl (C=O) groups excluding carboxylic acids is 1. The molecule has 0 N–H and O–H groups in total. The van der Waals surface area contributed by atoms with Crippen LogP contribution < -0.4 is 9.64 Å². The molecular weight excluding hydrogens is 398 g/mol. The van der Waals surface area contributed by atoms with E-state index in [0.717, 1.165) is 80.0 Å². The third-order valence-corrected chi connectivity index (χ3v) is 6.81. The zero-order valence-corrected chi connectivity index (χ0v) is 18.5. The summed E-state index contributed by atoms with van der Waals surface area (Å²) in [5, 5.41) is 0. The highest BCUT2D eigenvalue weighted by Gasteiger charge is 2.47. The van der Waals surface area contributed by atoms with Crippen LogP contribution in [-0.2, 0) is 5.41 Å². The average Bonchev–Trinajstić information content (AvgIpc) is 2.92. The van der Waals surface area contributed by atoms with Crippen molar-refractivity contribution in [1.82, 2.24) is 4.90 Å². The molecule has 4 rings (SSSR count). The van der Waals surface area contributed by atoms with Crippen LogP contribution in [-0.4, -0.2) is 44.1 Å². The maximum atomic E-state index is 14.5. The van der Waals surface area contributed by atoms with E-state index in [2.05, 4.69) is 11.8 Å². The number of aryl methyl sites for hydroxylation is 1. The van der Waals surface area contributed by atoms with E-state index in [9.17, 15) is 13.6 Å². The van der Waals surface area contributed by atoms with Crippen LogP contribution in [0, 0.1) is 18.6 Å². The summed E-state index contributed by atoms with van der Waals surface area (Å²) in [4.78, 5) is 17.5. The van der Waals surface area contributed by atoms with Gasteiger partial charge in [0.2, 0.25) is 0 Å². The summed E-state index contributed by atoms with van der Waals surface area (Å²) in [5.74, 6) is -1.52. The molecule has 0 aromatic heterocycles. The van der Waals surface area contributed by atoms with Gasteiger partial charge in [0.1, 0.15) is 22.9 Å². The van der Waals surface area contributed by atoms with Gasteiger partial charge in [-0.1, -0.05) is 13.0 Å². The zero-order valence-electron chi connectivity index (χ0n) is 18.5. The van der Waals surface area contributed by atoms with Crippen LogP contribution in [0.4, 0.5) is 14.5 Å². The molecule has 1 amide bonds. The Kier molecular flexibility index (Phi) is 6.02.